The van der Waals surface area contributed by atoms with Gasteiger partial charge in [0.15, 0.2) is 0 Å². The number of carbonyl (C=O) groups is 1. The maximum atomic E-state index is 12.9. The van der Waals surface area contributed by atoms with Crippen LogP contribution >= 0.6 is 0 Å². The zero-order valence-corrected chi connectivity index (χ0v) is 13.7. The van der Waals surface area contributed by atoms with E-state index in [1.54, 1.807) is 13.8 Å². The molecule has 2 N–H and O–H groups in total. The highest BCUT2D eigenvalue weighted by atomic mass is 19.4. The van der Waals surface area contributed by atoms with Gasteiger partial charge in [0.05, 0.1) is 5.54 Å². The van der Waals surface area contributed by atoms with Crippen molar-refractivity contribution in [1.29, 1.82) is 0 Å². The first-order valence-corrected chi connectivity index (χ1v) is 7.87. The summed E-state index contributed by atoms with van der Waals surface area (Å²) in [4.78, 5) is 15.7. The van der Waals surface area contributed by atoms with E-state index in [1.807, 2.05) is 0 Å². The van der Waals surface area contributed by atoms with Gasteiger partial charge in [0, 0.05) is 18.7 Å². The van der Waals surface area contributed by atoms with Crippen molar-refractivity contribution in [2.45, 2.75) is 50.9 Å². The Morgan fingerprint density at radius 1 is 1.46 bits per heavy atom. The number of hydrogen-bond donors (Lipinski definition) is 2. The Labute approximate surface area is 139 Å². The van der Waals surface area contributed by atoms with Crippen LogP contribution in [0.25, 0.3) is 0 Å². The molecule has 0 radical (unpaired) electrons. The third-order valence-electron chi connectivity index (χ3n) is 3.72. The fraction of sp³-hybridized carbons (Fsp3) is 0.625. The molecule has 2 rings (SSSR count). The zero-order valence-electron chi connectivity index (χ0n) is 13.7. The molecule has 5 nitrogen and oxygen atoms in total. The van der Waals surface area contributed by atoms with Crippen molar-refractivity contribution in [2.24, 2.45) is 0 Å². The van der Waals surface area contributed by atoms with E-state index in [4.69, 9.17) is 4.74 Å². The molecule has 1 amide bonds. The molecule has 1 fully saturated rings. The Morgan fingerprint density at radius 3 is 2.83 bits per heavy atom. The van der Waals surface area contributed by atoms with Crippen molar-refractivity contribution < 1.29 is 22.7 Å². The Hall–Kier alpha value is -1.83. The van der Waals surface area contributed by atoms with Crippen molar-refractivity contribution in [3.05, 3.63) is 23.9 Å². The maximum absolute atomic E-state index is 12.9. The van der Waals surface area contributed by atoms with E-state index in [1.165, 1.54) is 12.3 Å². The van der Waals surface area contributed by atoms with Gasteiger partial charge in [0.2, 0.25) is 11.8 Å². The zero-order chi connectivity index (χ0) is 17.8. The third-order valence-corrected chi connectivity index (χ3v) is 3.72. The fourth-order valence-electron chi connectivity index (χ4n) is 2.59. The molecule has 2 heterocycles. The number of pyridine rings is 1. The van der Waals surface area contributed by atoms with E-state index in [0.717, 1.165) is 25.5 Å². The van der Waals surface area contributed by atoms with Crippen LogP contribution in [-0.4, -0.2) is 35.6 Å². The van der Waals surface area contributed by atoms with Gasteiger partial charge in [-0.1, -0.05) is 0 Å². The molecule has 0 spiro atoms. The summed E-state index contributed by atoms with van der Waals surface area (Å²) >= 11 is 0. The van der Waals surface area contributed by atoms with Gasteiger partial charge in [0.25, 0.3) is 0 Å². The SMILES string of the molecule is CC(C)(COc1ncccc1C(F)(F)F)NC(=O)CC1CCCN1. The van der Waals surface area contributed by atoms with E-state index in [-0.39, 0.29) is 18.6 Å². The van der Waals surface area contributed by atoms with Crippen molar-refractivity contribution in [1.82, 2.24) is 15.6 Å². The van der Waals surface area contributed by atoms with Crippen molar-refractivity contribution in [3.8, 4) is 5.88 Å². The van der Waals surface area contributed by atoms with E-state index >= 15 is 0 Å². The molecule has 8 heteroatoms. The van der Waals surface area contributed by atoms with Gasteiger partial charge >= 0.3 is 6.18 Å². The number of halogens is 3. The van der Waals surface area contributed by atoms with E-state index in [0.29, 0.717) is 6.42 Å². The number of hydrogen-bond acceptors (Lipinski definition) is 4. The van der Waals surface area contributed by atoms with Crippen LogP contribution in [0.3, 0.4) is 0 Å². The second kappa shape index (κ2) is 7.38. The smallest absolute Gasteiger partial charge is 0.421 e. The molecule has 1 aromatic rings. The minimum Gasteiger partial charge on any atom is -0.475 e. The summed E-state index contributed by atoms with van der Waals surface area (Å²) in [5.41, 5.74) is -1.74. The van der Waals surface area contributed by atoms with Gasteiger partial charge in [-0.25, -0.2) is 4.98 Å². The first-order chi connectivity index (χ1) is 11.2. The first-order valence-electron chi connectivity index (χ1n) is 7.87. The number of amides is 1. The van der Waals surface area contributed by atoms with E-state index in [2.05, 4.69) is 15.6 Å². The molecule has 1 atom stereocenters. The van der Waals surface area contributed by atoms with Gasteiger partial charge < -0.3 is 15.4 Å². The number of rotatable bonds is 6. The number of nitrogens with one attached hydrogen (secondary N) is 2. The minimum atomic E-state index is -4.54. The summed E-state index contributed by atoms with van der Waals surface area (Å²) in [5, 5.41) is 6.03. The van der Waals surface area contributed by atoms with Gasteiger partial charge in [-0.2, -0.15) is 13.2 Å². The minimum absolute atomic E-state index is 0.114. The quantitative estimate of drug-likeness (QED) is 0.832. The van der Waals surface area contributed by atoms with Crippen molar-refractivity contribution >= 4 is 5.91 Å². The van der Waals surface area contributed by atoms with E-state index in [9.17, 15) is 18.0 Å². The number of alkyl halides is 3. The molecule has 1 aliphatic heterocycles. The molecule has 0 aromatic carbocycles. The highest BCUT2D eigenvalue weighted by Gasteiger charge is 2.35. The van der Waals surface area contributed by atoms with Crippen LogP contribution in [-0.2, 0) is 11.0 Å². The van der Waals surface area contributed by atoms with Crippen LogP contribution in [0.4, 0.5) is 13.2 Å². The molecule has 0 saturated carbocycles. The second-order valence-corrected chi connectivity index (χ2v) is 6.57. The summed E-state index contributed by atoms with van der Waals surface area (Å²) in [6.07, 6.45) is -0.953. The van der Waals surface area contributed by atoms with Crippen molar-refractivity contribution in [3.63, 3.8) is 0 Å². The Balaban J connectivity index is 1.91. The molecule has 0 bridgehead atoms. The normalized spacial score (nSPS) is 18.5. The predicted molar refractivity (Wildman–Crippen MR) is 82.6 cm³/mol. The van der Waals surface area contributed by atoms with Crippen LogP contribution in [0.15, 0.2) is 18.3 Å². The maximum Gasteiger partial charge on any atom is 0.421 e. The second-order valence-electron chi connectivity index (χ2n) is 6.57. The first kappa shape index (κ1) is 18.5. The molecule has 0 aliphatic carbocycles. The Bertz CT molecular complexity index is 570. The summed E-state index contributed by atoms with van der Waals surface area (Å²) < 4.78 is 44.0. The van der Waals surface area contributed by atoms with Gasteiger partial charge in [-0.05, 0) is 45.4 Å². The molecule has 24 heavy (non-hydrogen) atoms. The predicted octanol–water partition coefficient (Wildman–Crippen LogP) is 2.52. The van der Waals surface area contributed by atoms with Crippen molar-refractivity contribution in [2.75, 3.05) is 13.2 Å². The number of nitrogens with zero attached hydrogens (tertiary/aromatic N) is 1. The lowest BCUT2D eigenvalue weighted by Crippen LogP contribution is -2.49. The number of carbonyl (C=O) groups excluding carboxylic acids is 1. The largest absolute Gasteiger partial charge is 0.475 e. The Morgan fingerprint density at radius 2 is 2.21 bits per heavy atom. The highest BCUT2D eigenvalue weighted by Crippen LogP contribution is 2.34. The summed E-state index contributed by atoms with van der Waals surface area (Å²) in [6.45, 7) is 4.19. The molecule has 1 aromatic heterocycles. The third kappa shape index (κ3) is 5.36. The molecule has 1 saturated heterocycles. The standard InChI is InChI=1S/C16H22F3N3O2/c1-15(2,22-13(23)9-11-5-3-7-20-11)10-24-14-12(16(17,18)19)6-4-8-21-14/h4,6,8,11,20H,3,5,7,9-10H2,1-2H3,(H,22,23). The topological polar surface area (TPSA) is 63.2 Å². The molecule has 1 aliphatic rings. The molecule has 134 valence electrons. The number of aromatic nitrogens is 1. The van der Waals surface area contributed by atoms with Crippen LogP contribution in [0.2, 0.25) is 0 Å². The monoisotopic (exact) mass is 345 g/mol. The van der Waals surface area contributed by atoms with Gasteiger partial charge in [-0.15, -0.1) is 0 Å². The molecular formula is C16H22F3N3O2. The van der Waals surface area contributed by atoms with Crippen LogP contribution in [0.5, 0.6) is 5.88 Å². The highest BCUT2D eigenvalue weighted by molar-refractivity contribution is 5.77. The lowest BCUT2D eigenvalue weighted by Gasteiger charge is -2.27. The Kier molecular flexibility index (Phi) is 5.69. The van der Waals surface area contributed by atoms with Crippen LogP contribution in [0.1, 0.15) is 38.7 Å². The van der Waals surface area contributed by atoms with Gasteiger partial charge in [-0.3, -0.25) is 4.79 Å². The lowest BCUT2D eigenvalue weighted by atomic mass is 10.1. The molecular weight excluding hydrogens is 323 g/mol. The average Bonchev–Trinajstić information content (AvgIpc) is 2.96. The van der Waals surface area contributed by atoms with Gasteiger partial charge in [0.1, 0.15) is 12.2 Å². The average molecular weight is 345 g/mol. The fourth-order valence-corrected chi connectivity index (χ4v) is 2.59. The summed E-state index contributed by atoms with van der Waals surface area (Å²) in [7, 11) is 0. The van der Waals surface area contributed by atoms with Crippen LogP contribution < -0.4 is 15.4 Å². The molecule has 1 unspecified atom stereocenters. The van der Waals surface area contributed by atoms with Crippen LogP contribution in [0, 0.1) is 0 Å². The number of ether oxygens (including phenoxy) is 1. The summed E-state index contributed by atoms with van der Waals surface area (Å²) in [5.74, 6) is -0.634. The summed E-state index contributed by atoms with van der Waals surface area (Å²) in [6, 6.07) is 2.28. The van der Waals surface area contributed by atoms with E-state index < -0.39 is 23.2 Å². The lowest BCUT2D eigenvalue weighted by molar-refractivity contribution is -0.139.